The van der Waals surface area contributed by atoms with Crippen molar-refractivity contribution >= 4 is 37.5 Å². The Kier molecular flexibility index (Phi) is 6.07. The molecular formula is C24H20OP2. The molecule has 27 heavy (non-hydrogen) atoms. The molecule has 0 aromatic heterocycles. The summed E-state index contributed by atoms with van der Waals surface area (Å²) < 4.78 is 6.92. The van der Waals surface area contributed by atoms with Crippen molar-refractivity contribution < 1.29 is 4.31 Å². The largest absolute Gasteiger partial charge is 0.318 e. The predicted molar refractivity (Wildman–Crippen MR) is 119 cm³/mol. The average Bonchev–Trinajstić information content (AvgIpc) is 2.77. The van der Waals surface area contributed by atoms with Gasteiger partial charge in [0, 0.05) is 21.2 Å². The van der Waals surface area contributed by atoms with Crippen LogP contribution in [0.4, 0.5) is 0 Å². The Morgan fingerprint density at radius 1 is 0.333 bits per heavy atom. The molecule has 0 aliphatic heterocycles. The molecule has 0 atom stereocenters. The van der Waals surface area contributed by atoms with E-state index in [2.05, 4.69) is 121 Å². The van der Waals surface area contributed by atoms with Crippen molar-refractivity contribution in [3.8, 4) is 0 Å². The fourth-order valence-electron chi connectivity index (χ4n) is 2.82. The van der Waals surface area contributed by atoms with Gasteiger partial charge in [-0.05, 0) is 0 Å². The fraction of sp³-hybridized carbons (Fsp3) is 0. The molecule has 4 rings (SSSR count). The van der Waals surface area contributed by atoms with Crippen LogP contribution in [0.15, 0.2) is 121 Å². The molecule has 4 aromatic rings. The molecule has 0 unspecified atom stereocenters. The van der Waals surface area contributed by atoms with E-state index >= 15 is 0 Å². The maximum atomic E-state index is 6.92. The molecule has 0 heterocycles. The highest BCUT2D eigenvalue weighted by Crippen LogP contribution is 2.50. The third kappa shape index (κ3) is 4.52. The van der Waals surface area contributed by atoms with E-state index in [0.717, 1.165) is 0 Å². The SMILES string of the molecule is c1ccc(P(OP(c2ccccc2)c2ccccc2)c2ccccc2)cc1. The lowest BCUT2D eigenvalue weighted by molar-refractivity contribution is 0.720. The van der Waals surface area contributed by atoms with E-state index in [4.69, 9.17) is 4.31 Å². The summed E-state index contributed by atoms with van der Waals surface area (Å²) in [5.74, 6) is 0. The predicted octanol–water partition coefficient (Wildman–Crippen LogP) is 5.10. The first-order chi connectivity index (χ1) is 13.4. The van der Waals surface area contributed by atoms with Gasteiger partial charge in [0.1, 0.15) is 0 Å². The molecule has 0 aliphatic rings. The topological polar surface area (TPSA) is 9.23 Å². The molecule has 3 heteroatoms. The van der Waals surface area contributed by atoms with E-state index in [0.29, 0.717) is 0 Å². The van der Waals surface area contributed by atoms with Crippen molar-refractivity contribution in [2.75, 3.05) is 0 Å². The Hall–Kier alpha value is -2.30. The van der Waals surface area contributed by atoms with Crippen LogP contribution >= 0.6 is 16.3 Å². The van der Waals surface area contributed by atoms with E-state index in [1.54, 1.807) is 0 Å². The third-order valence-electron chi connectivity index (χ3n) is 4.13. The van der Waals surface area contributed by atoms with Crippen LogP contribution < -0.4 is 21.2 Å². The van der Waals surface area contributed by atoms with E-state index in [-0.39, 0.29) is 0 Å². The van der Waals surface area contributed by atoms with Gasteiger partial charge in [0.05, 0.1) is 16.3 Å². The summed E-state index contributed by atoms with van der Waals surface area (Å²) in [6, 6.07) is 42.3. The van der Waals surface area contributed by atoms with Crippen LogP contribution in [0.2, 0.25) is 0 Å². The Balaban J connectivity index is 1.77. The molecule has 0 fully saturated rings. The number of benzene rings is 4. The molecule has 0 bridgehead atoms. The molecule has 132 valence electrons. The normalized spacial score (nSPS) is 11.0. The van der Waals surface area contributed by atoms with Crippen LogP contribution in [0.1, 0.15) is 0 Å². The summed E-state index contributed by atoms with van der Waals surface area (Å²) in [5, 5.41) is 4.94. The fourth-order valence-corrected chi connectivity index (χ4v) is 7.35. The van der Waals surface area contributed by atoms with Gasteiger partial charge in [-0.15, -0.1) is 0 Å². The van der Waals surface area contributed by atoms with Gasteiger partial charge in [-0.1, -0.05) is 121 Å². The minimum Gasteiger partial charge on any atom is -0.318 e. The van der Waals surface area contributed by atoms with Crippen molar-refractivity contribution in [2.45, 2.75) is 0 Å². The Morgan fingerprint density at radius 2 is 0.556 bits per heavy atom. The number of hydrogen-bond donors (Lipinski definition) is 0. The molecule has 4 aromatic carbocycles. The number of rotatable bonds is 6. The molecule has 0 saturated carbocycles. The maximum Gasteiger partial charge on any atom is 0.0976 e. The standard InChI is InChI=1S/C24H20OP2/c1-5-13-21(14-6-1)26(22-15-7-2-8-16-22)25-27(23-17-9-3-10-18-23)24-19-11-4-12-20-24/h1-20H. The zero-order chi connectivity index (χ0) is 18.3. The second kappa shape index (κ2) is 9.07. The van der Waals surface area contributed by atoms with Crippen LogP contribution in [0, 0.1) is 0 Å². The Morgan fingerprint density at radius 3 is 0.778 bits per heavy atom. The second-order valence-corrected chi connectivity index (χ2v) is 9.91. The van der Waals surface area contributed by atoms with E-state index < -0.39 is 16.3 Å². The van der Waals surface area contributed by atoms with Gasteiger partial charge in [0.15, 0.2) is 0 Å². The van der Waals surface area contributed by atoms with Gasteiger partial charge < -0.3 is 4.31 Å². The van der Waals surface area contributed by atoms with Gasteiger partial charge in [-0.2, -0.15) is 0 Å². The second-order valence-electron chi connectivity index (χ2n) is 6.01. The van der Waals surface area contributed by atoms with Gasteiger partial charge in [0.2, 0.25) is 0 Å². The molecule has 0 N–H and O–H groups in total. The Labute approximate surface area is 163 Å². The highest BCUT2D eigenvalue weighted by atomic mass is 31.2. The minimum absolute atomic E-state index is 0.909. The maximum absolute atomic E-state index is 6.92. The lowest BCUT2D eigenvalue weighted by Crippen LogP contribution is -2.18. The van der Waals surface area contributed by atoms with Gasteiger partial charge in [-0.3, -0.25) is 0 Å². The summed E-state index contributed by atoms with van der Waals surface area (Å²) in [4.78, 5) is 0. The summed E-state index contributed by atoms with van der Waals surface area (Å²) >= 11 is 0. The smallest absolute Gasteiger partial charge is 0.0976 e. The molecule has 0 saturated heterocycles. The van der Waals surface area contributed by atoms with E-state index in [1.807, 2.05) is 0 Å². The van der Waals surface area contributed by atoms with Gasteiger partial charge >= 0.3 is 0 Å². The Bertz CT molecular complexity index is 785. The first kappa shape index (κ1) is 18.1. The van der Waals surface area contributed by atoms with Crippen LogP contribution in [-0.2, 0) is 4.31 Å². The molecule has 0 amide bonds. The first-order valence-electron chi connectivity index (χ1n) is 8.90. The van der Waals surface area contributed by atoms with Crippen LogP contribution in [-0.4, -0.2) is 0 Å². The quantitative estimate of drug-likeness (QED) is 0.419. The van der Waals surface area contributed by atoms with Crippen molar-refractivity contribution in [1.29, 1.82) is 0 Å². The highest BCUT2D eigenvalue weighted by Gasteiger charge is 2.23. The molecule has 1 nitrogen and oxygen atoms in total. The van der Waals surface area contributed by atoms with E-state index in [1.165, 1.54) is 21.2 Å². The zero-order valence-electron chi connectivity index (χ0n) is 14.8. The summed E-state index contributed by atoms with van der Waals surface area (Å²) in [6.45, 7) is 0. The van der Waals surface area contributed by atoms with Crippen LogP contribution in [0.5, 0.6) is 0 Å². The van der Waals surface area contributed by atoms with Crippen LogP contribution in [0.3, 0.4) is 0 Å². The summed E-state index contributed by atoms with van der Waals surface area (Å²) in [7, 11) is -1.82. The van der Waals surface area contributed by atoms with E-state index in [9.17, 15) is 0 Å². The average molecular weight is 386 g/mol. The van der Waals surface area contributed by atoms with Gasteiger partial charge in [-0.25, -0.2) is 0 Å². The monoisotopic (exact) mass is 386 g/mol. The molecule has 0 radical (unpaired) electrons. The highest BCUT2D eigenvalue weighted by molar-refractivity contribution is 7.80. The van der Waals surface area contributed by atoms with Crippen molar-refractivity contribution in [2.24, 2.45) is 0 Å². The van der Waals surface area contributed by atoms with Crippen LogP contribution in [0.25, 0.3) is 0 Å². The lowest BCUT2D eigenvalue weighted by Gasteiger charge is -2.25. The van der Waals surface area contributed by atoms with Crippen molar-refractivity contribution in [1.82, 2.24) is 0 Å². The summed E-state index contributed by atoms with van der Waals surface area (Å²) in [5.41, 5.74) is 0. The minimum atomic E-state index is -0.909. The lowest BCUT2D eigenvalue weighted by atomic mass is 10.4. The van der Waals surface area contributed by atoms with Crippen molar-refractivity contribution in [3.63, 3.8) is 0 Å². The van der Waals surface area contributed by atoms with Crippen molar-refractivity contribution in [3.05, 3.63) is 121 Å². The zero-order valence-corrected chi connectivity index (χ0v) is 16.6. The van der Waals surface area contributed by atoms with Gasteiger partial charge in [0.25, 0.3) is 0 Å². The third-order valence-corrected chi connectivity index (χ3v) is 8.50. The molecular weight excluding hydrogens is 366 g/mol. The number of hydrogen-bond acceptors (Lipinski definition) is 1. The first-order valence-corrected chi connectivity index (χ1v) is 11.4. The summed E-state index contributed by atoms with van der Waals surface area (Å²) in [6.07, 6.45) is 0. The molecule has 0 aliphatic carbocycles. The molecule has 0 spiro atoms.